The monoisotopic (exact) mass is 376 g/mol. The predicted octanol–water partition coefficient (Wildman–Crippen LogP) is 3.46. The van der Waals surface area contributed by atoms with Crippen LogP contribution in [-0.2, 0) is 4.74 Å². The zero-order valence-electron chi connectivity index (χ0n) is 14.8. The van der Waals surface area contributed by atoms with Gasteiger partial charge in [-0.2, -0.15) is 0 Å². The van der Waals surface area contributed by atoms with E-state index in [4.69, 9.17) is 4.74 Å². The lowest BCUT2D eigenvalue weighted by atomic mass is 10.2. The number of carboxylic acid groups (broad SMARTS) is 1. The number of nitrogens with one attached hydrogen (secondary N) is 1. The molecule has 2 N–H and O–H groups in total. The lowest BCUT2D eigenvalue weighted by molar-refractivity contribution is 0.0579. The van der Waals surface area contributed by atoms with Crippen molar-refractivity contribution in [2.75, 3.05) is 23.3 Å². The fraction of sp³-hybridized carbons (Fsp3) is 0.412. The number of hydrogen-bond donors (Lipinski definition) is 2. The number of carboxylic acids is 1. The lowest BCUT2D eigenvalue weighted by Gasteiger charge is -2.27. The Morgan fingerprint density at radius 1 is 1.38 bits per heavy atom. The number of aromatic carboxylic acids is 1. The molecule has 0 spiro atoms. The third-order valence-corrected chi connectivity index (χ3v) is 4.83. The second kappa shape index (κ2) is 6.91. The van der Waals surface area contributed by atoms with Gasteiger partial charge in [-0.05, 0) is 33.3 Å². The first-order valence-corrected chi connectivity index (χ1v) is 9.00. The fourth-order valence-electron chi connectivity index (χ4n) is 2.66. The summed E-state index contributed by atoms with van der Waals surface area (Å²) in [5, 5.41) is 12.8. The van der Waals surface area contributed by atoms with E-state index in [-0.39, 0.29) is 4.88 Å². The highest BCUT2D eigenvalue weighted by Gasteiger charge is 2.34. The molecule has 26 heavy (non-hydrogen) atoms. The van der Waals surface area contributed by atoms with Crippen molar-refractivity contribution in [2.24, 2.45) is 0 Å². The van der Waals surface area contributed by atoms with E-state index in [0.717, 1.165) is 11.3 Å². The molecule has 1 amide bonds. The maximum absolute atomic E-state index is 12.8. The van der Waals surface area contributed by atoms with Crippen molar-refractivity contribution < 1.29 is 19.4 Å². The van der Waals surface area contributed by atoms with E-state index in [1.54, 1.807) is 33.0 Å². The van der Waals surface area contributed by atoms with Crippen molar-refractivity contribution >= 4 is 34.8 Å². The molecule has 3 rings (SSSR count). The SMILES string of the molecule is CC(C)(C)OC(=O)N1CCCNc2c(C(=O)O)sc(-c3ccncn3)c21. The van der Waals surface area contributed by atoms with Gasteiger partial charge in [-0.25, -0.2) is 19.6 Å². The number of hydrogen-bond acceptors (Lipinski definition) is 7. The van der Waals surface area contributed by atoms with E-state index >= 15 is 0 Å². The number of amides is 1. The van der Waals surface area contributed by atoms with Crippen LogP contribution in [0.1, 0.15) is 36.9 Å². The summed E-state index contributed by atoms with van der Waals surface area (Å²) < 4.78 is 5.53. The van der Waals surface area contributed by atoms with Crippen LogP contribution in [0.25, 0.3) is 10.6 Å². The molecule has 2 aromatic rings. The fourth-order valence-corrected chi connectivity index (χ4v) is 3.75. The third kappa shape index (κ3) is 3.62. The Morgan fingerprint density at radius 2 is 2.15 bits per heavy atom. The number of rotatable bonds is 2. The molecule has 1 aliphatic rings. The van der Waals surface area contributed by atoms with Gasteiger partial charge in [0.1, 0.15) is 16.8 Å². The van der Waals surface area contributed by atoms with Gasteiger partial charge in [0.25, 0.3) is 0 Å². The largest absolute Gasteiger partial charge is 0.477 e. The maximum atomic E-state index is 12.8. The molecule has 8 nitrogen and oxygen atoms in total. The second-order valence-corrected chi connectivity index (χ2v) is 7.82. The standard InChI is InChI=1S/C17H20N4O4S/c1-17(2,3)25-16(24)21-8-4-6-19-11-12(21)13(26-14(11)15(22)23)10-5-7-18-9-20-10/h5,7,9,19H,4,6,8H2,1-3H3,(H,22,23). The second-order valence-electron chi connectivity index (χ2n) is 6.80. The van der Waals surface area contributed by atoms with Gasteiger partial charge >= 0.3 is 12.1 Å². The van der Waals surface area contributed by atoms with Gasteiger partial charge in [0.2, 0.25) is 0 Å². The number of carbonyl (C=O) groups excluding carboxylic acids is 1. The molecule has 138 valence electrons. The van der Waals surface area contributed by atoms with Gasteiger partial charge in [0.15, 0.2) is 0 Å². The topological polar surface area (TPSA) is 105 Å². The number of ether oxygens (including phenoxy) is 1. The minimum absolute atomic E-state index is 0.143. The number of thiophene rings is 1. The predicted molar refractivity (Wildman–Crippen MR) is 99.0 cm³/mol. The Labute approximate surface area is 154 Å². The molecule has 0 fully saturated rings. The molecule has 0 saturated heterocycles. The first-order chi connectivity index (χ1) is 12.3. The van der Waals surface area contributed by atoms with Crippen LogP contribution in [0.3, 0.4) is 0 Å². The van der Waals surface area contributed by atoms with Crippen LogP contribution in [-0.4, -0.2) is 45.8 Å². The van der Waals surface area contributed by atoms with Crippen LogP contribution >= 0.6 is 11.3 Å². The molecule has 9 heteroatoms. The maximum Gasteiger partial charge on any atom is 0.414 e. The summed E-state index contributed by atoms with van der Waals surface area (Å²) in [5.41, 5.74) is 0.834. The Bertz CT molecular complexity index is 829. The van der Waals surface area contributed by atoms with E-state index < -0.39 is 17.7 Å². The average Bonchev–Trinajstić information content (AvgIpc) is 2.80. The zero-order chi connectivity index (χ0) is 18.9. The minimum Gasteiger partial charge on any atom is -0.477 e. The Hall–Kier alpha value is -2.68. The summed E-state index contributed by atoms with van der Waals surface area (Å²) in [5.74, 6) is -1.05. The number of aromatic nitrogens is 2. The van der Waals surface area contributed by atoms with Gasteiger partial charge in [0.05, 0.1) is 21.9 Å². The highest BCUT2D eigenvalue weighted by molar-refractivity contribution is 7.18. The van der Waals surface area contributed by atoms with Crippen molar-refractivity contribution in [1.82, 2.24) is 9.97 Å². The van der Waals surface area contributed by atoms with Gasteiger partial charge < -0.3 is 15.2 Å². The minimum atomic E-state index is -1.05. The van der Waals surface area contributed by atoms with Crippen LogP contribution in [0.4, 0.5) is 16.2 Å². The summed E-state index contributed by atoms with van der Waals surface area (Å²) in [6.45, 7) is 6.37. The van der Waals surface area contributed by atoms with Crippen molar-refractivity contribution in [3.05, 3.63) is 23.5 Å². The van der Waals surface area contributed by atoms with Crippen LogP contribution in [0.5, 0.6) is 0 Å². The van der Waals surface area contributed by atoms with Crippen molar-refractivity contribution in [1.29, 1.82) is 0 Å². The number of anilines is 2. The van der Waals surface area contributed by atoms with Crippen molar-refractivity contribution in [3.63, 3.8) is 0 Å². The molecule has 0 aromatic carbocycles. The molecule has 0 unspecified atom stereocenters. The molecule has 0 bridgehead atoms. The number of nitrogens with zero attached hydrogens (tertiary/aromatic N) is 3. The van der Waals surface area contributed by atoms with Crippen LogP contribution in [0, 0.1) is 0 Å². The molecule has 0 radical (unpaired) electrons. The van der Waals surface area contributed by atoms with Gasteiger partial charge in [-0.15, -0.1) is 11.3 Å². The van der Waals surface area contributed by atoms with Crippen molar-refractivity contribution in [2.45, 2.75) is 32.8 Å². The average molecular weight is 376 g/mol. The summed E-state index contributed by atoms with van der Waals surface area (Å²) in [6.07, 6.45) is 3.13. The summed E-state index contributed by atoms with van der Waals surface area (Å²) >= 11 is 1.08. The van der Waals surface area contributed by atoms with E-state index in [1.807, 2.05) is 0 Å². The van der Waals surface area contributed by atoms with Gasteiger partial charge in [-0.3, -0.25) is 4.90 Å². The summed E-state index contributed by atoms with van der Waals surface area (Å²) in [7, 11) is 0. The smallest absolute Gasteiger partial charge is 0.414 e. The zero-order valence-corrected chi connectivity index (χ0v) is 15.6. The van der Waals surface area contributed by atoms with Gasteiger partial charge in [-0.1, -0.05) is 0 Å². The van der Waals surface area contributed by atoms with E-state index in [9.17, 15) is 14.7 Å². The first-order valence-electron chi connectivity index (χ1n) is 8.19. The lowest BCUT2D eigenvalue weighted by Crippen LogP contribution is -2.37. The molecule has 3 heterocycles. The van der Waals surface area contributed by atoms with E-state index in [0.29, 0.717) is 41.5 Å². The molecule has 1 aliphatic heterocycles. The Kier molecular flexibility index (Phi) is 4.82. The normalized spacial score (nSPS) is 14.2. The highest BCUT2D eigenvalue weighted by atomic mass is 32.1. The number of fused-ring (bicyclic) bond motifs is 1. The van der Waals surface area contributed by atoms with Crippen molar-refractivity contribution in [3.8, 4) is 10.6 Å². The molecule has 0 saturated carbocycles. The van der Waals surface area contributed by atoms with E-state index in [1.165, 1.54) is 11.2 Å². The molecule has 2 aromatic heterocycles. The van der Waals surface area contributed by atoms with Crippen LogP contribution in [0.2, 0.25) is 0 Å². The quantitative estimate of drug-likeness (QED) is 0.827. The Balaban J connectivity index is 2.16. The third-order valence-electron chi connectivity index (χ3n) is 3.64. The molecule has 0 atom stereocenters. The molecular formula is C17H20N4O4S. The van der Waals surface area contributed by atoms with E-state index in [2.05, 4.69) is 15.3 Å². The molecule has 0 aliphatic carbocycles. The summed E-state index contributed by atoms with van der Waals surface area (Å²) in [4.78, 5) is 34.9. The number of carbonyl (C=O) groups is 2. The molecular weight excluding hydrogens is 356 g/mol. The van der Waals surface area contributed by atoms with Crippen LogP contribution < -0.4 is 10.2 Å². The highest BCUT2D eigenvalue weighted by Crippen LogP contribution is 2.47. The van der Waals surface area contributed by atoms with Crippen LogP contribution in [0.15, 0.2) is 18.6 Å². The first kappa shape index (κ1) is 18.1. The Morgan fingerprint density at radius 3 is 2.77 bits per heavy atom. The summed E-state index contributed by atoms with van der Waals surface area (Å²) in [6, 6.07) is 1.69. The van der Waals surface area contributed by atoms with Gasteiger partial charge in [0, 0.05) is 19.3 Å².